The van der Waals surface area contributed by atoms with Crippen LogP contribution in [0.3, 0.4) is 0 Å². The van der Waals surface area contributed by atoms with E-state index in [0.29, 0.717) is 19.8 Å². The number of hydrogen-bond acceptors (Lipinski definition) is 4. The fourth-order valence-corrected chi connectivity index (χ4v) is 3.94. The van der Waals surface area contributed by atoms with E-state index in [1.165, 1.54) is 18.6 Å². The lowest BCUT2D eigenvalue weighted by Gasteiger charge is -2.21. The van der Waals surface area contributed by atoms with Gasteiger partial charge in [0.1, 0.15) is 0 Å². The number of aliphatic hydroxyl groups excluding tert-OH is 1. The number of nitrogens with zero attached hydrogens (tertiary/aromatic N) is 1. The van der Waals surface area contributed by atoms with Gasteiger partial charge in [0.15, 0.2) is 5.96 Å². The zero-order valence-corrected chi connectivity index (χ0v) is 16.1. The summed E-state index contributed by atoms with van der Waals surface area (Å²) in [5.41, 5.74) is 1.11. The Bertz CT molecular complexity index is 519. The number of ether oxygens (including phenoxy) is 1. The van der Waals surface area contributed by atoms with Gasteiger partial charge in [-0.2, -0.15) is 11.8 Å². The van der Waals surface area contributed by atoms with E-state index in [-0.39, 0.29) is 4.75 Å². The second-order valence-electron chi connectivity index (χ2n) is 6.63. The molecular weight excluding hydrogens is 334 g/mol. The number of thioether (sulfide) groups is 1. The molecule has 1 aromatic carbocycles. The molecule has 0 aromatic heterocycles. The molecule has 1 aromatic rings. The summed E-state index contributed by atoms with van der Waals surface area (Å²) in [5.74, 6) is 1.99. The summed E-state index contributed by atoms with van der Waals surface area (Å²) < 4.78 is 5.83. The maximum absolute atomic E-state index is 10.1. The van der Waals surface area contributed by atoms with Gasteiger partial charge in [-0.25, -0.2) is 0 Å². The Hall–Kier alpha value is -1.24. The molecule has 0 spiro atoms. The first kappa shape index (κ1) is 20.1. The number of benzene rings is 1. The second-order valence-corrected chi connectivity index (χ2v) is 8.32. The summed E-state index contributed by atoms with van der Waals surface area (Å²) in [6.07, 6.45) is 1.93. The molecule has 6 heteroatoms. The average molecular weight is 366 g/mol. The van der Waals surface area contributed by atoms with Crippen LogP contribution >= 0.6 is 11.8 Å². The van der Waals surface area contributed by atoms with E-state index in [2.05, 4.69) is 22.5 Å². The predicted octanol–water partition coefficient (Wildman–Crippen LogP) is 2.40. The molecule has 1 heterocycles. The van der Waals surface area contributed by atoms with Gasteiger partial charge in [-0.3, -0.25) is 4.99 Å². The summed E-state index contributed by atoms with van der Waals surface area (Å²) >= 11 is 2.01. The van der Waals surface area contributed by atoms with Crippen molar-refractivity contribution in [3.63, 3.8) is 0 Å². The van der Waals surface area contributed by atoms with Crippen molar-refractivity contribution in [2.75, 3.05) is 32.0 Å². The highest BCUT2D eigenvalue weighted by Gasteiger charge is 2.29. The number of rotatable bonds is 9. The molecule has 0 amide bonds. The van der Waals surface area contributed by atoms with Crippen molar-refractivity contribution in [3.05, 3.63) is 35.9 Å². The number of aliphatic imine (C=N–C) groups is 1. The van der Waals surface area contributed by atoms with Crippen LogP contribution in [0.25, 0.3) is 0 Å². The van der Waals surface area contributed by atoms with Crippen molar-refractivity contribution in [1.82, 2.24) is 10.6 Å². The van der Waals surface area contributed by atoms with E-state index in [9.17, 15) is 5.11 Å². The zero-order chi connectivity index (χ0) is 18.0. The minimum absolute atomic E-state index is 0.250. The molecule has 2 atom stereocenters. The van der Waals surface area contributed by atoms with E-state index >= 15 is 0 Å². The second kappa shape index (κ2) is 10.7. The van der Waals surface area contributed by atoms with Crippen LogP contribution in [-0.2, 0) is 11.3 Å². The Morgan fingerprint density at radius 2 is 2.16 bits per heavy atom. The van der Waals surface area contributed by atoms with Crippen LogP contribution < -0.4 is 10.6 Å². The lowest BCUT2D eigenvalue weighted by atomic mass is 10.1. The van der Waals surface area contributed by atoms with E-state index in [1.54, 1.807) is 0 Å². The van der Waals surface area contributed by atoms with Gasteiger partial charge in [0.25, 0.3) is 0 Å². The van der Waals surface area contributed by atoms with Gasteiger partial charge in [-0.15, -0.1) is 0 Å². The van der Waals surface area contributed by atoms with E-state index in [4.69, 9.17) is 4.74 Å². The maximum Gasteiger partial charge on any atom is 0.191 e. The molecule has 0 saturated carbocycles. The normalized spacial score (nSPS) is 22.0. The molecule has 0 radical (unpaired) electrons. The molecule has 1 fully saturated rings. The first-order valence-corrected chi connectivity index (χ1v) is 10.1. The molecule has 0 aliphatic carbocycles. The molecule has 2 rings (SSSR count). The Morgan fingerprint density at radius 1 is 1.36 bits per heavy atom. The third-order valence-corrected chi connectivity index (χ3v) is 5.67. The van der Waals surface area contributed by atoms with Crippen molar-refractivity contribution >= 4 is 17.7 Å². The third kappa shape index (κ3) is 7.67. The van der Waals surface area contributed by atoms with Crippen LogP contribution in [0, 0.1) is 0 Å². The van der Waals surface area contributed by atoms with Gasteiger partial charge in [-0.05, 0) is 38.0 Å². The van der Waals surface area contributed by atoms with Gasteiger partial charge in [0.2, 0.25) is 0 Å². The Morgan fingerprint density at radius 3 is 2.84 bits per heavy atom. The summed E-state index contributed by atoms with van der Waals surface area (Å²) in [7, 11) is 0. The lowest BCUT2D eigenvalue weighted by Crippen LogP contribution is -2.43. The summed E-state index contributed by atoms with van der Waals surface area (Å²) in [6, 6.07) is 9.98. The number of aliphatic hydroxyl groups is 1. The maximum atomic E-state index is 10.1. The van der Waals surface area contributed by atoms with Gasteiger partial charge < -0.3 is 20.5 Å². The van der Waals surface area contributed by atoms with Crippen molar-refractivity contribution in [1.29, 1.82) is 0 Å². The Kier molecular flexibility index (Phi) is 8.58. The van der Waals surface area contributed by atoms with Crippen LogP contribution in [0.2, 0.25) is 0 Å². The first-order chi connectivity index (χ1) is 12.1. The quantitative estimate of drug-likeness (QED) is 0.463. The molecule has 140 valence electrons. The van der Waals surface area contributed by atoms with Crippen molar-refractivity contribution in [3.8, 4) is 0 Å². The van der Waals surface area contributed by atoms with E-state index in [0.717, 1.165) is 24.6 Å². The molecule has 0 bridgehead atoms. The molecule has 3 N–H and O–H groups in total. The number of guanidine groups is 1. The van der Waals surface area contributed by atoms with Gasteiger partial charge >= 0.3 is 0 Å². The highest BCUT2D eigenvalue weighted by molar-refractivity contribution is 8.00. The van der Waals surface area contributed by atoms with E-state index in [1.807, 2.05) is 49.0 Å². The fourth-order valence-electron chi connectivity index (χ4n) is 2.71. The number of hydrogen-bond donors (Lipinski definition) is 3. The highest BCUT2D eigenvalue weighted by atomic mass is 32.2. The molecular formula is C19H31N3O2S. The SMILES string of the molecule is CCNC(=NCC1(C)CCCS1)NCC(O)COCc1ccccc1. The lowest BCUT2D eigenvalue weighted by molar-refractivity contribution is 0.0308. The highest BCUT2D eigenvalue weighted by Crippen LogP contribution is 2.37. The van der Waals surface area contributed by atoms with Gasteiger partial charge in [-0.1, -0.05) is 30.3 Å². The third-order valence-electron chi connectivity index (χ3n) is 4.14. The largest absolute Gasteiger partial charge is 0.389 e. The molecule has 1 aliphatic rings. The van der Waals surface area contributed by atoms with E-state index < -0.39 is 6.10 Å². The zero-order valence-electron chi connectivity index (χ0n) is 15.3. The molecule has 2 unspecified atom stereocenters. The molecule has 1 saturated heterocycles. The minimum atomic E-state index is -0.566. The van der Waals surface area contributed by atoms with Crippen LogP contribution in [0.5, 0.6) is 0 Å². The standard InChI is InChI=1S/C19H31N3O2S/c1-3-20-18(22-15-19(2)10-7-11-25-19)21-12-17(23)14-24-13-16-8-5-4-6-9-16/h4-6,8-9,17,23H,3,7,10-15H2,1-2H3,(H2,20,21,22). The monoisotopic (exact) mass is 365 g/mol. The Balaban J connectivity index is 1.70. The predicted molar refractivity (Wildman–Crippen MR) is 106 cm³/mol. The van der Waals surface area contributed by atoms with Crippen molar-refractivity contribution in [2.24, 2.45) is 4.99 Å². The first-order valence-electron chi connectivity index (χ1n) is 9.07. The minimum Gasteiger partial charge on any atom is -0.389 e. The van der Waals surface area contributed by atoms with Crippen LogP contribution in [0.1, 0.15) is 32.3 Å². The summed E-state index contributed by atoms with van der Waals surface area (Å²) in [6.45, 7) is 7.16. The molecule has 1 aliphatic heterocycles. The van der Waals surface area contributed by atoms with Crippen LogP contribution in [0.4, 0.5) is 0 Å². The Labute approximate surface area is 155 Å². The fraction of sp³-hybridized carbons (Fsp3) is 0.632. The summed E-state index contributed by atoms with van der Waals surface area (Å²) in [4.78, 5) is 4.69. The van der Waals surface area contributed by atoms with Crippen molar-refractivity contribution < 1.29 is 9.84 Å². The number of nitrogens with one attached hydrogen (secondary N) is 2. The average Bonchev–Trinajstić information content (AvgIpc) is 3.05. The van der Waals surface area contributed by atoms with Crippen LogP contribution in [0.15, 0.2) is 35.3 Å². The van der Waals surface area contributed by atoms with Crippen molar-refractivity contribution in [2.45, 2.75) is 44.1 Å². The summed E-state index contributed by atoms with van der Waals surface area (Å²) in [5, 5.41) is 16.5. The molecule has 5 nitrogen and oxygen atoms in total. The van der Waals surface area contributed by atoms with Gasteiger partial charge in [0, 0.05) is 17.8 Å². The smallest absolute Gasteiger partial charge is 0.191 e. The molecule has 25 heavy (non-hydrogen) atoms. The topological polar surface area (TPSA) is 65.9 Å². The van der Waals surface area contributed by atoms with Crippen LogP contribution in [-0.4, -0.2) is 53.9 Å². The van der Waals surface area contributed by atoms with Gasteiger partial charge in [0.05, 0.1) is 25.9 Å².